The number of hydrogen-bond donors (Lipinski definition) is 2. The van der Waals surface area contributed by atoms with Crippen molar-refractivity contribution in [3.8, 4) is 17.1 Å². The van der Waals surface area contributed by atoms with E-state index in [1.54, 1.807) is 19.1 Å². The van der Waals surface area contributed by atoms with Crippen molar-refractivity contribution in [2.24, 2.45) is 0 Å². The minimum Gasteiger partial charge on any atom is -0.491 e. The van der Waals surface area contributed by atoms with Crippen molar-refractivity contribution in [3.05, 3.63) is 64.3 Å². The number of aliphatic hydroxyl groups excluding tert-OH is 1. The van der Waals surface area contributed by atoms with Gasteiger partial charge >= 0.3 is 0 Å². The summed E-state index contributed by atoms with van der Waals surface area (Å²) in [6.45, 7) is 6.52. The molecule has 0 spiro atoms. The Morgan fingerprint density at radius 2 is 1.81 bits per heavy atom. The monoisotopic (exact) mass is 367 g/mol. The average molecular weight is 367 g/mol. The van der Waals surface area contributed by atoms with Crippen molar-refractivity contribution in [3.63, 3.8) is 0 Å². The molecule has 5 heteroatoms. The lowest BCUT2D eigenvalue weighted by Crippen LogP contribution is -2.35. The van der Waals surface area contributed by atoms with Crippen LogP contribution in [0.2, 0.25) is 0 Å². The Morgan fingerprint density at radius 1 is 1.11 bits per heavy atom. The van der Waals surface area contributed by atoms with Gasteiger partial charge in [-0.3, -0.25) is 4.79 Å². The van der Waals surface area contributed by atoms with Crippen LogP contribution in [-0.2, 0) is 0 Å². The fourth-order valence-corrected chi connectivity index (χ4v) is 2.84. The van der Waals surface area contributed by atoms with Gasteiger partial charge in [0.15, 0.2) is 5.43 Å². The molecule has 3 rings (SSSR count). The lowest BCUT2D eigenvalue weighted by atomic mass is 10.1. The lowest BCUT2D eigenvalue weighted by Gasteiger charge is -2.15. The summed E-state index contributed by atoms with van der Waals surface area (Å²) < 4.78 is 11.6. The molecule has 0 bridgehead atoms. The third kappa shape index (κ3) is 4.56. The Morgan fingerprint density at radius 3 is 2.52 bits per heavy atom. The molecular weight excluding hydrogens is 342 g/mol. The van der Waals surface area contributed by atoms with Crippen LogP contribution in [0.3, 0.4) is 0 Å². The van der Waals surface area contributed by atoms with E-state index in [-0.39, 0.29) is 12.0 Å². The van der Waals surface area contributed by atoms with Gasteiger partial charge in [-0.1, -0.05) is 26.0 Å². The highest BCUT2D eigenvalue weighted by Gasteiger charge is 2.13. The summed E-state index contributed by atoms with van der Waals surface area (Å²) in [6.07, 6.45) is -0.576. The van der Waals surface area contributed by atoms with E-state index in [1.807, 2.05) is 50.2 Å². The van der Waals surface area contributed by atoms with Crippen LogP contribution in [0.1, 0.15) is 19.4 Å². The van der Waals surface area contributed by atoms with E-state index in [0.717, 1.165) is 5.56 Å². The molecule has 0 fully saturated rings. The highest BCUT2D eigenvalue weighted by molar-refractivity contribution is 5.80. The summed E-state index contributed by atoms with van der Waals surface area (Å²) in [5, 5.41) is 13.7. The van der Waals surface area contributed by atoms with Crippen molar-refractivity contribution in [2.45, 2.75) is 32.9 Å². The van der Waals surface area contributed by atoms with Crippen molar-refractivity contribution >= 4 is 11.0 Å². The lowest BCUT2D eigenvalue weighted by molar-refractivity contribution is 0.104. The average Bonchev–Trinajstić information content (AvgIpc) is 2.68. The van der Waals surface area contributed by atoms with Gasteiger partial charge < -0.3 is 19.6 Å². The van der Waals surface area contributed by atoms with Crippen LogP contribution in [0.4, 0.5) is 0 Å². The molecule has 1 heterocycles. The van der Waals surface area contributed by atoms with Gasteiger partial charge in [0.25, 0.3) is 0 Å². The van der Waals surface area contributed by atoms with Gasteiger partial charge in [0, 0.05) is 23.7 Å². The first-order valence-electron chi connectivity index (χ1n) is 9.13. The molecule has 0 radical (unpaired) electrons. The molecule has 0 aliphatic carbocycles. The van der Waals surface area contributed by atoms with E-state index >= 15 is 0 Å². The predicted octanol–water partition coefficient (Wildman–Crippen LogP) is 3.51. The SMILES string of the molecule is Cc1c(-c2ccc(OCC(O)CNC(C)C)cc2)oc2ccccc2c1=O. The summed E-state index contributed by atoms with van der Waals surface area (Å²) in [5.41, 5.74) is 1.94. The Balaban J connectivity index is 1.75. The molecule has 2 aromatic carbocycles. The summed E-state index contributed by atoms with van der Waals surface area (Å²) in [5.74, 6) is 1.22. The van der Waals surface area contributed by atoms with E-state index in [2.05, 4.69) is 5.32 Å². The molecule has 0 aliphatic rings. The molecule has 0 aliphatic heterocycles. The zero-order valence-corrected chi connectivity index (χ0v) is 15.9. The Hall–Kier alpha value is -2.63. The van der Waals surface area contributed by atoms with Crippen molar-refractivity contribution in [1.29, 1.82) is 0 Å². The molecule has 2 N–H and O–H groups in total. The van der Waals surface area contributed by atoms with Crippen LogP contribution in [-0.4, -0.2) is 30.4 Å². The first-order valence-corrected chi connectivity index (χ1v) is 9.13. The van der Waals surface area contributed by atoms with Crippen LogP contribution >= 0.6 is 0 Å². The highest BCUT2D eigenvalue weighted by atomic mass is 16.5. The number of nitrogens with one attached hydrogen (secondary N) is 1. The zero-order valence-electron chi connectivity index (χ0n) is 15.9. The standard InChI is InChI=1S/C22H25NO4/c1-14(2)23-12-17(24)13-26-18-10-8-16(9-11-18)22-15(3)21(25)19-6-4-5-7-20(19)27-22/h4-11,14,17,23-24H,12-13H2,1-3H3. The number of fused-ring (bicyclic) bond motifs is 1. The van der Waals surface area contributed by atoms with Crippen molar-refractivity contribution < 1.29 is 14.3 Å². The first-order chi connectivity index (χ1) is 13.0. The molecule has 27 heavy (non-hydrogen) atoms. The number of benzene rings is 2. The van der Waals surface area contributed by atoms with Gasteiger partial charge in [-0.05, 0) is 43.3 Å². The predicted molar refractivity (Wildman–Crippen MR) is 107 cm³/mol. The fraction of sp³-hybridized carbons (Fsp3) is 0.318. The number of hydrogen-bond acceptors (Lipinski definition) is 5. The largest absolute Gasteiger partial charge is 0.491 e. The first kappa shape index (κ1) is 19.1. The molecule has 3 aromatic rings. The maximum absolute atomic E-state index is 12.6. The van der Waals surface area contributed by atoms with Crippen LogP contribution in [0, 0.1) is 6.92 Å². The van der Waals surface area contributed by atoms with E-state index < -0.39 is 6.10 Å². The van der Waals surface area contributed by atoms with E-state index in [9.17, 15) is 9.90 Å². The molecule has 142 valence electrons. The molecule has 0 saturated carbocycles. The van der Waals surface area contributed by atoms with Crippen LogP contribution in [0.5, 0.6) is 5.75 Å². The number of rotatable bonds is 7. The minimum absolute atomic E-state index is 0.0204. The maximum atomic E-state index is 12.6. The molecule has 1 aromatic heterocycles. The van der Waals surface area contributed by atoms with Gasteiger partial charge in [-0.15, -0.1) is 0 Å². The fourth-order valence-electron chi connectivity index (χ4n) is 2.84. The summed E-state index contributed by atoms with van der Waals surface area (Å²) in [6, 6.07) is 14.9. The van der Waals surface area contributed by atoms with Crippen LogP contribution < -0.4 is 15.5 Å². The summed E-state index contributed by atoms with van der Waals surface area (Å²) in [7, 11) is 0. The van der Waals surface area contributed by atoms with Crippen molar-refractivity contribution in [1.82, 2.24) is 5.32 Å². The van der Waals surface area contributed by atoms with Crippen LogP contribution in [0.25, 0.3) is 22.3 Å². The Labute approximate surface area is 158 Å². The third-order valence-corrected chi connectivity index (χ3v) is 4.35. The molecule has 1 atom stereocenters. The number of aliphatic hydroxyl groups is 1. The van der Waals surface area contributed by atoms with Gasteiger partial charge in [0.2, 0.25) is 0 Å². The molecule has 5 nitrogen and oxygen atoms in total. The van der Waals surface area contributed by atoms with Gasteiger partial charge in [-0.2, -0.15) is 0 Å². The second kappa shape index (κ2) is 8.37. The number of ether oxygens (including phenoxy) is 1. The van der Waals surface area contributed by atoms with Crippen molar-refractivity contribution in [2.75, 3.05) is 13.2 Å². The van der Waals surface area contributed by atoms with E-state index in [1.165, 1.54) is 0 Å². The van der Waals surface area contributed by atoms with E-state index in [4.69, 9.17) is 9.15 Å². The molecule has 0 amide bonds. The zero-order chi connectivity index (χ0) is 19.4. The van der Waals surface area contributed by atoms with Gasteiger partial charge in [0.1, 0.15) is 29.8 Å². The normalized spacial score (nSPS) is 12.5. The number of para-hydroxylation sites is 1. The highest BCUT2D eigenvalue weighted by Crippen LogP contribution is 2.27. The summed E-state index contributed by atoms with van der Waals surface area (Å²) in [4.78, 5) is 12.6. The third-order valence-electron chi connectivity index (χ3n) is 4.35. The smallest absolute Gasteiger partial charge is 0.196 e. The van der Waals surface area contributed by atoms with Crippen LogP contribution in [0.15, 0.2) is 57.7 Å². The maximum Gasteiger partial charge on any atom is 0.196 e. The minimum atomic E-state index is -0.576. The second-order valence-corrected chi connectivity index (χ2v) is 6.93. The molecule has 1 unspecified atom stereocenters. The second-order valence-electron chi connectivity index (χ2n) is 6.93. The molecular formula is C22H25NO4. The Kier molecular flexibility index (Phi) is 5.94. The molecule has 0 saturated heterocycles. The summed E-state index contributed by atoms with van der Waals surface area (Å²) >= 11 is 0. The van der Waals surface area contributed by atoms with Gasteiger partial charge in [0.05, 0.1) is 5.39 Å². The van der Waals surface area contributed by atoms with E-state index in [0.29, 0.717) is 40.6 Å². The topological polar surface area (TPSA) is 71.7 Å². The Bertz CT molecular complexity index is 960. The quantitative estimate of drug-likeness (QED) is 0.669. The van der Waals surface area contributed by atoms with Gasteiger partial charge in [-0.25, -0.2) is 0 Å².